The van der Waals surface area contributed by atoms with E-state index < -0.39 is 0 Å². The number of H-pyrrole nitrogens is 2. The number of nitrogens with two attached hydrogens (primary N) is 1. The second-order valence-corrected chi connectivity index (χ2v) is 16.0. The molecule has 4 N–H and O–H groups in total. The summed E-state index contributed by atoms with van der Waals surface area (Å²) < 4.78 is 0. The largest absolute Gasteiger partial charge is 0.355 e. The molecule has 0 saturated carbocycles. The standard InChI is InChI=1S/C37H49N5/c1-34(2,3)29-22-13-14-23(39-22)30(35(4,5)6)25-17-18-27(41-25)32(37(10,11)12)33-21(20-38)19-28(42-33)31(36(7,8)9)26-16-15-24(29)40-26/h13-19,41-42H,20,38H2,1-12H3. The number of nitrogens with zero attached hydrogens (tertiary/aromatic N) is 2. The molecule has 222 valence electrons. The molecule has 3 aromatic heterocycles. The van der Waals surface area contributed by atoms with Crippen LogP contribution in [-0.2, 0) is 28.2 Å². The SMILES string of the molecule is CC(C)(C)c1c2nc(c(C(C)(C)C)c3ccc([nH]3)c(C(C)(C)C)c3[nH]c(cc3CN)c(C(C)(C)C)c3nc1C=C3)C=C2. The smallest absolute Gasteiger partial charge is 0.0696 e. The van der Waals surface area contributed by atoms with Crippen LogP contribution in [0.1, 0.15) is 134 Å². The van der Waals surface area contributed by atoms with Gasteiger partial charge in [-0.1, -0.05) is 83.1 Å². The van der Waals surface area contributed by atoms with Crippen molar-refractivity contribution in [2.24, 2.45) is 5.73 Å². The fourth-order valence-corrected chi connectivity index (χ4v) is 6.65. The molecular weight excluding hydrogens is 514 g/mol. The Bertz CT molecular complexity index is 1780. The molecule has 0 radical (unpaired) electrons. The van der Waals surface area contributed by atoms with E-state index in [0.717, 1.165) is 56.0 Å². The van der Waals surface area contributed by atoms with E-state index >= 15 is 0 Å². The Morgan fingerprint density at radius 2 is 0.905 bits per heavy atom. The normalized spacial score (nSPS) is 14.2. The van der Waals surface area contributed by atoms with Gasteiger partial charge < -0.3 is 15.7 Å². The molecule has 0 aromatic carbocycles. The van der Waals surface area contributed by atoms with Crippen LogP contribution < -0.4 is 5.73 Å². The van der Waals surface area contributed by atoms with Crippen molar-refractivity contribution in [2.75, 3.05) is 0 Å². The topological polar surface area (TPSA) is 83.4 Å². The maximum Gasteiger partial charge on any atom is 0.0696 e. The highest BCUT2D eigenvalue weighted by Gasteiger charge is 2.29. The lowest BCUT2D eigenvalue weighted by Gasteiger charge is -2.22. The van der Waals surface area contributed by atoms with Gasteiger partial charge >= 0.3 is 0 Å². The maximum absolute atomic E-state index is 6.44. The van der Waals surface area contributed by atoms with E-state index in [1.165, 1.54) is 16.7 Å². The zero-order chi connectivity index (χ0) is 31.0. The van der Waals surface area contributed by atoms with Crippen LogP contribution in [-0.4, -0.2) is 19.9 Å². The minimum Gasteiger partial charge on any atom is -0.355 e. The molecule has 5 heterocycles. The van der Waals surface area contributed by atoms with Gasteiger partial charge in [-0.15, -0.1) is 0 Å². The first kappa shape index (κ1) is 30.0. The molecule has 0 atom stereocenters. The summed E-state index contributed by atoms with van der Waals surface area (Å²) in [5.41, 5.74) is 19.9. The van der Waals surface area contributed by atoms with Gasteiger partial charge in [0.1, 0.15) is 0 Å². The lowest BCUT2D eigenvalue weighted by molar-refractivity contribution is 0.581. The third-order valence-electron chi connectivity index (χ3n) is 8.17. The Kier molecular flexibility index (Phi) is 7.01. The molecule has 0 spiro atoms. The fraction of sp³-hybridized carbons (Fsp3) is 0.459. The van der Waals surface area contributed by atoms with Gasteiger partial charge in [0.15, 0.2) is 0 Å². The number of aromatic nitrogens is 4. The van der Waals surface area contributed by atoms with Crippen LogP contribution in [0.3, 0.4) is 0 Å². The predicted octanol–water partition coefficient (Wildman–Crippen LogP) is 9.30. The zero-order valence-corrected chi connectivity index (χ0v) is 27.7. The highest BCUT2D eigenvalue weighted by atomic mass is 14.8. The van der Waals surface area contributed by atoms with Crippen LogP contribution in [0, 0.1) is 0 Å². The molecule has 2 aliphatic heterocycles. The van der Waals surface area contributed by atoms with Crippen LogP contribution in [0.25, 0.3) is 46.4 Å². The summed E-state index contributed by atoms with van der Waals surface area (Å²) in [6.07, 6.45) is 8.68. The summed E-state index contributed by atoms with van der Waals surface area (Å²) in [5, 5.41) is 0. The molecule has 0 fully saturated rings. The first-order chi connectivity index (χ1) is 19.3. The summed E-state index contributed by atoms with van der Waals surface area (Å²) in [7, 11) is 0. The van der Waals surface area contributed by atoms with E-state index in [4.69, 9.17) is 15.7 Å². The first-order valence-corrected chi connectivity index (χ1v) is 15.2. The van der Waals surface area contributed by atoms with Crippen molar-refractivity contribution in [2.45, 2.75) is 111 Å². The van der Waals surface area contributed by atoms with E-state index in [-0.39, 0.29) is 21.7 Å². The van der Waals surface area contributed by atoms with E-state index in [1.807, 2.05) is 0 Å². The second kappa shape index (κ2) is 9.80. The van der Waals surface area contributed by atoms with Gasteiger partial charge in [-0.3, -0.25) is 0 Å². The van der Waals surface area contributed by atoms with Gasteiger partial charge in [-0.05, 0) is 69.7 Å². The Labute approximate surface area is 251 Å². The first-order valence-electron chi connectivity index (χ1n) is 15.2. The van der Waals surface area contributed by atoms with Crippen molar-refractivity contribution >= 4 is 46.4 Å². The van der Waals surface area contributed by atoms with Crippen molar-refractivity contribution in [3.63, 3.8) is 0 Å². The van der Waals surface area contributed by atoms with Gasteiger partial charge in [0.2, 0.25) is 0 Å². The molecule has 3 aromatic rings. The minimum atomic E-state index is -0.163. The quantitative estimate of drug-likeness (QED) is 0.190. The molecule has 42 heavy (non-hydrogen) atoms. The van der Waals surface area contributed by atoms with Crippen molar-refractivity contribution in [1.82, 2.24) is 19.9 Å². The molecule has 2 aliphatic rings. The van der Waals surface area contributed by atoms with Crippen LogP contribution >= 0.6 is 0 Å². The predicted molar refractivity (Wildman–Crippen MR) is 182 cm³/mol. The van der Waals surface area contributed by atoms with E-state index in [1.54, 1.807) is 0 Å². The molecule has 0 aliphatic carbocycles. The molecule has 5 rings (SSSR count). The Morgan fingerprint density at radius 3 is 1.31 bits per heavy atom. The highest BCUT2D eigenvalue weighted by molar-refractivity contribution is 5.86. The summed E-state index contributed by atoms with van der Waals surface area (Å²) >= 11 is 0. The van der Waals surface area contributed by atoms with Gasteiger partial charge in [0.05, 0.1) is 22.8 Å². The number of rotatable bonds is 1. The van der Waals surface area contributed by atoms with Crippen molar-refractivity contribution in [1.29, 1.82) is 0 Å². The number of fused-ring (bicyclic) bond motifs is 8. The van der Waals surface area contributed by atoms with Gasteiger partial charge in [-0.2, -0.15) is 0 Å². The van der Waals surface area contributed by atoms with Gasteiger partial charge in [0.25, 0.3) is 0 Å². The van der Waals surface area contributed by atoms with Crippen LogP contribution in [0.2, 0.25) is 0 Å². The molecule has 5 nitrogen and oxygen atoms in total. The number of hydrogen-bond donors (Lipinski definition) is 3. The molecule has 0 unspecified atom stereocenters. The van der Waals surface area contributed by atoms with Crippen molar-refractivity contribution < 1.29 is 0 Å². The van der Waals surface area contributed by atoms with Gasteiger partial charge in [0, 0.05) is 50.9 Å². The van der Waals surface area contributed by atoms with E-state index in [0.29, 0.717) is 6.54 Å². The second-order valence-electron chi connectivity index (χ2n) is 16.0. The van der Waals surface area contributed by atoms with Crippen LogP contribution in [0.4, 0.5) is 0 Å². The summed E-state index contributed by atoms with van der Waals surface area (Å²) in [6.45, 7) is 27.5. The van der Waals surface area contributed by atoms with Crippen LogP contribution in [0.5, 0.6) is 0 Å². The Hall–Kier alpha value is -3.44. The number of hydrogen-bond acceptors (Lipinski definition) is 3. The lowest BCUT2D eigenvalue weighted by Crippen LogP contribution is -2.16. The summed E-state index contributed by atoms with van der Waals surface area (Å²) in [5.74, 6) is 0. The third-order valence-corrected chi connectivity index (χ3v) is 8.17. The molecule has 8 bridgehead atoms. The average Bonchev–Trinajstić information content (AvgIpc) is 3.60. The molecule has 5 heteroatoms. The van der Waals surface area contributed by atoms with E-state index in [2.05, 4.69) is 136 Å². The Morgan fingerprint density at radius 1 is 0.524 bits per heavy atom. The average molecular weight is 564 g/mol. The Balaban J connectivity index is 2.14. The molecule has 0 saturated heterocycles. The number of nitrogens with one attached hydrogen (secondary N) is 2. The zero-order valence-electron chi connectivity index (χ0n) is 27.7. The molecule has 0 amide bonds. The van der Waals surface area contributed by atoms with E-state index in [9.17, 15) is 0 Å². The molecular formula is C37H49N5. The monoisotopic (exact) mass is 563 g/mol. The lowest BCUT2D eigenvalue weighted by atomic mass is 9.84. The summed E-state index contributed by atoms with van der Waals surface area (Å²) in [4.78, 5) is 18.3. The van der Waals surface area contributed by atoms with Crippen molar-refractivity contribution in [3.8, 4) is 0 Å². The van der Waals surface area contributed by atoms with Crippen molar-refractivity contribution in [3.05, 3.63) is 68.8 Å². The van der Waals surface area contributed by atoms with Crippen LogP contribution in [0.15, 0.2) is 18.2 Å². The van der Waals surface area contributed by atoms with Gasteiger partial charge in [-0.25, -0.2) is 9.97 Å². The number of aromatic amines is 2. The third kappa shape index (κ3) is 5.28. The highest BCUT2D eigenvalue weighted by Crippen LogP contribution is 2.39. The minimum absolute atomic E-state index is 0.139. The maximum atomic E-state index is 6.44. The summed E-state index contributed by atoms with van der Waals surface area (Å²) in [6, 6.07) is 6.67. The fourth-order valence-electron chi connectivity index (χ4n) is 6.65.